The van der Waals surface area contributed by atoms with Crippen LogP contribution in [0.4, 0.5) is 0 Å². The number of rotatable bonds is 2. The maximum absolute atomic E-state index is 10.8. The molecule has 0 radical (unpaired) electrons. The highest BCUT2D eigenvalue weighted by atomic mass is 16.1. The van der Waals surface area contributed by atoms with Crippen LogP contribution in [0.3, 0.4) is 0 Å². The van der Waals surface area contributed by atoms with Crippen molar-refractivity contribution in [3.8, 4) is 0 Å². The summed E-state index contributed by atoms with van der Waals surface area (Å²) in [5.74, 6) is 0. The Balaban J connectivity index is 1.86. The summed E-state index contributed by atoms with van der Waals surface area (Å²) in [6.07, 6.45) is 17.1. The molecule has 0 aromatic rings. The molecule has 2 N–H and O–H groups in total. The molecule has 3 aliphatic rings. The molecular weight excluding hydrogens is 248 g/mol. The first kappa shape index (κ1) is 12.7. The van der Waals surface area contributed by atoms with Crippen LogP contribution in [-0.2, 0) is 4.79 Å². The van der Waals surface area contributed by atoms with Gasteiger partial charge in [0.2, 0.25) is 0 Å². The molecule has 0 amide bonds. The third-order valence-electron chi connectivity index (χ3n) is 3.74. The molecule has 0 saturated carbocycles. The Kier molecular flexibility index (Phi) is 3.42. The van der Waals surface area contributed by atoms with Gasteiger partial charge in [0.1, 0.15) is 12.5 Å². The van der Waals surface area contributed by atoms with Gasteiger partial charge >= 0.3 is 0 Å². The summed E-state index contributed by atoms with van der Waals surface area (Å²) >= 11 is 0. The van der Waals surface area contributed by atoms with Gasteiger partial charge in [0.15, 0.2) is 0 Å². The molecule has 0 aromatic carbocycles. The molecule has 0 spiro atoms. The lowest BCUT2D eigenvalue weighted by atomic mass is 10.1. The van der Waals surface area contributed by atoms with Gasteiger partial charge in [-0.05, 0) is 30.9 Å². The summed E-state index contributed by atoms with van der Waals surface area (Å²) in [6, 6.07) is 0. The van der Waals surface area contributed by atoms with Crippen molar-refractivity contribution < 1.29 is 4.79 Å². The zero-order chi connectivity index (χ0) is 13.9. The number of allylic oxidation sites excluding steroid dienone is 9. The molecule has 3 nitrogen and oxygen atoms in total. The van der Waals surface area contributed by atoms with Crippen molar-refractivity contribution >= 4 is 6.29 Å². The molecule has 3 heteroatoms. The Morgan fingerprint density at radius 1 is 1.20 bits per heavy atom. The molecule has 1 aliphatic heterocycles. The van der Waals surface area contributed by atoms with Crippen LogP contribution in [0, 0.1) is 0 Å². The molecule has 0 aromatic heterocycles. The van der Waals surface area contributed by atoms with Crippen molar-refractivity contribution in [2.45, 2.75) is 25.9 Å². The quantitative estimate of drug-likeness (QED) is 0.755. The van der Waals surface area contributed by atoms with Crippen LogP contribution in [-0.4, -0.2) is 12.5 Å². The van der Waals surface area contributed by atoms with Gasteiger partial charge in [-0.25, -0.2) is 0 Å². The summed E-state index contributed by atoms with van der Waals surface area (Å²) in [5.41, 5.74) is 5.54. The number of nitrogens with one attached hydrogen (secondary N) is 2. The minimum Gasteiger partial charge on any atom is -0.360 e. The van der Waals surface area contributed by atoms with Crippen molar-refractivity contribution in [1.82, 2.24) is 10.6 Å². The Morgan fingerprint density at radius 2 is 2.10 bits per heavy atom. The predicted octanol–water partition coefficient (Wildman–Crippen LogP) is 2.63. The van der Waals surface area contributed by atoms with E-state index in [2.05, 4.69) is 35.8 Å². The zero-order valence-corrected chi connectivity index (χ0v) is 11.5. The van der Waals surface area contributed by atoms with Crippen molar-refractivity contribution in [1.29, 1.82) is 0 Å². The van der Waals surface area contributed by atoms with E-state index in [1.165, 1.54) is 22.5 Å². The number of hydrogen-bond acceptors (Lipinski definition) is 3. The van der Waals surface area contributed by atoms with Gasteiger partial charge in [-0.2, -0.15) is 0 Å². The molecule has 20 heavy (non-hydrogen) atoms. The average molecular weight is 266 g/mol. The third kappa shape index (κ3) is 2.39. The van der Waals surface area contributed by atoms with Crippen molar-refractivity contribution in [2.24, 2.45) is 0 Å². The van der Waals surface area contributed by atoms with Gasteiger partial charge in [0, 0.05) is 5.57 Å². The van der Waals surface area contributed by atoms with E-state index in [0.29, 0.717) is 5.57 Å². The molecule has 0 bridgehead atoms. The van der Waals surface area contributed by atoms with E-state index in [4.69, 9.17) is 0 Å². The van der Waals surface area contributed by atoms with E-state index in [0.717, 1.165) is 19.1 Å². The Labute approximate surface area is 119 Å². The largest absolute Gasteiger partial charge is 0.360 e. The van der Waals surface area contributed by atoms with E-state index in [9.17, 15) is 4.79 Å². The van der Waals surface area contributed by atoms with Gasteiger partial charge in [-0.15, -0.1) is 0 Å². The summed E-state index contributed by atoms with van der Waals surface area (Å²) < 4.78 is 0. The van der Waals surface area contributed by atoms with Crippen LogP contribution in [0.5, 0.6) is 0 Å². The molecular formula is C17H18N2O. The number of carbonyl (C=O) groups excluding carboxylic acids is 1. The number of aldehydes is 1. The lowest BCUT2D eigenvalue weighted by molar-refractivity contribution is -0.104. The number of fused-ring (bicyclic) bond motifs is 1. The van der Waals surface area contributed by atoms with E-state index < -0.39 is 0 Å². The lowest BCUT2D eigenvalue weighted by Gasteiger charge is -2.14. The van der Waals surface area contributed by atoms with Crippen LogP contribution in [0.25, 0.3) is 0 Å². The van der Waals surface area contributed by atoms with Crippen LogP contribution >= 0.6 is 0 Å². The first-order valence-corrected chi connectivity index (χ1v) is 6.91. The van der Waals surface area contributed by atoms with Crippen molar-refractivity contribution in [3.63, 3.8) is 0 Å². The minimum atomic E-state index is 0.101. The third-order valence-corrected chi connectivity index (χ3v) is 3.74. The highest BCUT2D eigenvalue weighted by Gasteiger charge is 2.26. The average Bonchev–Trinajstić information content (AvgIpc) is 2.63. The van der Waals surface area contributed by atoms with E-state index >= 15 is 0 Å². The lowest BCUT2D eigenvalue weighted by Crippen LogP contribution is -2.32. The summed E-state index contributed by atoms with van der Waals surface area (Å²) in [6.45, 7) is 2.12. The van der Waals surface area contributed by atoms with Crippen LogP contribution in [0.15, 0.2) is 70.6 Å². The minimum absolute atomic E-state index is 0.101. The maximum atomic E-state index is 10.8. The first-order chi connectivity index (χ1) is 9.78. The fourth-order valence-corrected chi connectivity index (χ4v) is 2.62. The monoisotopic (exact) mass is 266 g/mol. The second-order valence-corrected chi connectivity index (χ2v) is 5.17. The van der Waals surface area contributed by atoms with Crippen molar-refractivity contribution in [2.75, 3.05) is 0 Å². The highest BCUT2D eigenvalue weighted by molar-refractivity contribution is 5.78. The molecule has 1 heterocycles. The summed E-state index contributed by atoms with van der Waals surface area (Å²) in [4.78, 5) is 10.8. The standard InChI is InChI=1S/C17H18N2O/c1-12-5-2-3-8-15-16(12)19-17(18-15)14-7-4-6-13(11-20)9-10-14/h2,4-6,8-11,17-19H,3,7H2,1H3. The second kappa shape index (κ2) is 5.37. The summed E-state index contributed by atoms with van der Waals surface area (Å²) in [7, 11) is 0. The normalized spacial score (nSPS) is 24.6. The van der Waals surface area contributed by atoms with Gasteiger partial charge in [0.05, 0.1) is 11.4 Å². The Bertz CT molecular complexity index is 615. The molecule has 1 saturated heterocycles. The van der Waals surface area contributed by atoms with Gasteiger partial charge < -0.3 is 10.6 Å². The highest BCUT2D eigenvalue weighted by Crippen LogP contribution is 2.25. The summed E-state index contributed by atoms with van der Waals surface area (Å²) in [5, 5.41) is 7.07. The molecule has 1 atom stereocenters. The fraction of sp³-hybridized carbons (Fsp3) is 0.235. The fourth-order valence-electron chi connectivity index (χ4n) is 2.62. The zero-order valence-electron chi connectivity index (χ0n) is 11.5. The smallest absolute Gasteiger partial charge is 0.150 e. The Hall–Kier alpha value is -2.29. The van der Waals surface area contributed by atoms with E-state index in [-0.39, 0.29) is 6.17 Å². The molecule has 3 rings (SSSR count). The van der Waals surface area contributed by atoms with Crippen LogP contribution in [0.2, 0.25) is 0 Å². The topological polar surface area (TPSA) is 41.1 Å². The first-order valence-electron chi connectivity index (χ1n) is 6.91. The molecule has 2 aliphatic carbocycles. The van der Waals surface area contributed by atoms with Crippen LogP contribution in [0.1, 0.15) is 19.8 Å². The maximum Gasteiger partial charge on any atom is 0.150 e. The van der Waals surface area contributed by atoms with E-state index in [1.807, 2.05) is 24.3 Å². The number of carbonyl (C=O) groups is 1. The second-order valence-electron chi connectivity index (χ2n) is 5.17. The van der Waals surface area contributed by atoms with Crippen LogP contribution < -0.4 is 10.6 Å². The Morgan fingerprint density at radius 3 is 2.95 bits per heavy atom. The predicted molar refractivity (Wildman–Crippen MR) is 80.6 cm³/mol. The van der Waals surface area contributed by atoms with Gasteiger partial charge in [-0.3, -0.25) is 4.79 Å². The molecule has 1 fully saturated rings. The van der Waals surface area contributed by atoms with Gasteiger partial charge in [0.25, 0.3) is 0 Å². The SMILES string of the molecule is CC1=C2NC(C3=CC=C(C=O)C=CC3)NC2=CCC=C1. The van der Waals surface area contributed by atoms with E-state index in [1.54, 1.807) is 0 Å². The van der Waals surface area contributed by atoms with Gasteiger partial charge in [-0.1, -0.05) is 42.5 Å². The number of hydrogen-bond donors (Lipinski definition) is 2. The molecule has 102 valence electrons. The van der Waals surface area contributed by atoms with Crippen molar-refractivity contribution in [3.05, 3.63) is 70.6 Å². The molecule has 1 unspecified atom stereocenters.